The van der Waals surface area contributed by atoms with Crippen LogP contribution in [-0.4, -0.2) is 55.1 Å². The molecule has 1 saturated heterocycles. The van der Waals surface area contributed by atoms with E-state index < -0.39 is 0 Å². The second-order valence-corrected chi connectivity index (χ2v) is 4.91. The van der Waals surface area contributed by atoms with Gasteiger partial charge in [0.2, 0.25) is 0 Å². The molecule has 0 aliphatic carbocycles. The van der Waals surface area contributed by atoms with Crippen LogP contribution in [0.25, 0.3) is 0 Å². The van der Waals surface area contributed by atoms with E-state index in [1.165, 1.54) is 39.1 Å². The smallest absolute Gasteiger partial charge is 0.0195 e. The maximum absolute atomic E-state index is 5.63. The molecule has 0 amide bonds. The summed E-state index contributed by atoms with van der Waals surface area (Å²) in [5.41, 5.74) is 5.63. The molecule has 3 heteroatoms. The van der Waals surface area contributed by atoms with Gasteiger partial charge in [-0.3, -0.25) is 4.90 Å². The monoisotopic (exact) mass is 213 g/mol. The third-order valence-corrected chi connectivity index (χ3v) is 3.60. The Bertz CT molecular complexity index is 172. The van der Waals surface area contributed by atoms with Crippen LogP contribution in [0.3, 0.4) is 0 Å². The van der Waals surface area contributed by atoms with Crippen molar-refractivity contribution in [3.05, 3.63) is 0 Å². The van der Waals surface area contributed by atoms with Crippen LogP contribution in [0, 0.1) is 5.92 Å². The zero-order valence-corrected chi connectivity index (χ0v) is 10.6. The number of nitrogens with two attached hydrogens (primary N) is 1. The Labute approximate surface area is 94.6 Å². The largest absolute Gasteiger partial charge is 0.330 e. The van der Waals surface area contributed by atoms with Gasteiger partial charge >= 0.3 is 0 Å². The molecule has 1 aliphatic rings. The van der Waals surface area contributed by atoms with Crippen molar-refractivity contribution in [3.63, 3.8) is 0 Å². The van der Waals surface area contributed by atoms with E-state index in [1.807, 2.05) is 0 Å². The molecule has 0 aromatic rings. The van der Waals surface area contributed by atoms with Gasteiger partial charge in [-0.25, -0.2) is 0 Å². The predicted molar refractivity (Wildman–Crippen MR) is 66.0 cm³/mol. The molecule has 0 spiro atoms. The quantitative estimate of drug-likeness (QED) is 0.739. The van der Waals surface area contributed by atoms with Gasteiger partial charge in [-0.2, -0.15) is 0 Å². The summed E-state index contributed by atoms with van der Waals surface area (Å²) in [7, 11) is 0. The molecule has 15 heavy (non-hydrogen) atoms. The molecule has 0 bridgehead atoms. The number of hydrogen-bond donors (Lipinski definition) is 1. The second-order valence-electron chi connectivity index (χ2n) is 4.91. The van der Waals surface area contributed by atoms with Crippen molar-refractivity contribution < 1.29 is 0 Å². The number of hydrogen-bond acceptors (Lipinski definition) is 3. The van der Waals surface area contributed by atoms with E-state index in [9.17, 15) is 0 Å². The zero-order chi connectivity index (χ0) is 11.3. The molecule has 0 saturated carbocycles. The molecule has 1 rings (SSSR count). The zero-order valence-electron chi connectivity index (χ0n) is 10.6. The van der Waals surface area contributed by atoms with E-state index in [0.29, 0.717) is 5.92 Å². The molecule has 2 atom stereocenters. The highest BCUT2D eigenvalue weighted by Gasteiger charge is 2.21. The van der Waals surface area contributed by atoms with E-state index in [0.717, 1.165) is 12.6 Å². The van der Waals surface area contributed by atoms with Gasteiger partial charge in [0.05, 0.1) is 0 Å². The van der Waals surface area contributed by atoms with Gasteiger partial charge in [0.25, 0.3) is 0 Å². The van der Waals surface area contributed by atoms with Gasteiger partial charge in [0.1, 0.15) is 0 Å². The van der Waals surface area contributed by atoms with Crippen LogP contribution < -0.4 is 5.73 Å². The molecule has 90 valence electrons. The lowest BCUT2D eigenvalue weighted by Gasteiger charge is -2.39. The van der Waals surface area contributed by atoms with E-state index in [4.69, 9.17) is 5.73 Å². The Kier molecular flexibility index (Phi) is 5.58. The van der Waals surface area contributed by atoms with Gasteiger partial charge in [-0.05, 0) is 38.9 Å². The maximum Gasteiger partial charge on any atom is 0.0195 e. The average Bonchev–Trinajstić information content (AvgIpc) is 2.26. The highest BCUT2D eigenvalue weighted by Crippen LogP contribution is 2.10. The summed E-state index contributed by atoms with van der Waals surface area (Å²) in [4.78, 5) is 5.14. The summed E-state index contributed by atoms with van der Waals surface area (Å²) in [6.07, 6.45) is 1.25. The molecule has 2 N–H and O–H groups in total. The van der Waals surface area contributed by atoms with E-state index >= 15 is 0 Å². The van der Waals surface area contributed by atoms with Crippen LogP contribution in [0.1, 0.15) is 27.2 Å². The average molecular weight is 213 g/mol. The predicted octanol–water partition coefficient (Wildman–Crippen LogP) is 0.997. The molecule has 0 radical (unpaired) electrons. The minimum atomic E-state index is 0.671. The van der Waals surface area contributed by atoms with Gasteiger partial charge in [0, 0.05) is 25.7 Å². The fourth-order valence-corrected chi connectivity index (χ4v) is 2.26. The van der Waals surface area contributed by atoms with Crippen LogP contribution in [-0.2, 0) is 0 Å². The Hall–Kier alpha value is -0.120. The van der Waals surface area contributed by atoms with Crippen molar-refractivity contribution in [2.45, 2.75) is 33.2 Å². The van der Waals surface area contributed by atoms with Crippen LogP contribution in [0.4, 0.5) is 0 Å². The number of piperazine rings is 1. The van der Waals surface area contributed by atoms with Crippen molar-refractivity contribution in [2.75, 3.05) is 39.3 Å². The lowest BCUT2D eigenvalue weighted by molar-refractivity contribution is 0.0848. The third kappa shape index (κ3) is 4.09. The van der Waals surface area contributed by atoms with E-state index in [1.54, 1.807) is 0 Å². The first kappa shape index (κ1) is 12.9. The van der Waals surface area contributed by atoms with Gasteiger partial charge in [0.15, 0.2) is 0 Å². The van der Waals surface area contributed by atoms with Crippen molar-refractivity contribution in [1.82, 2.24) is 9.80 Å². The van der Waals surface area contributed by atoms with Crippen LogP contribution in [0.2, 0.25) is 0 Å². The minimum absolute atomic E-state index is 0.671. The third-order valence-electron chi connectivity index (χ3n) is 3.60. The molecular formula is C12H27N3. The lowest BCUT2D eigenvalue weighted by Crippen LogP contribution is -2.51. The standard InChI is InChI=1S/C12H27N3/c1-4-15-8-7-14(10-12(15)3)6-5-11(2)9-13/h11-12H,4-10,13H2,1-3H3. The van der Waals surface area contributed by atoms with Gasteiger partial charge in [-0.1, -0.05) is 13.8 Å². The topological polar surface area (TPSA) is 32.5 Å². The normalized spacial score (nSPS) is 26.8. The summed E-state index contributed by atoms with van der Waals surface area (Å²) < 4.78 is 0. The number of rotatable bonds is 5. The van der Waals surface area contributed by atoms with Gasteiger partial charge in [-0.15, -0.1) is 0 Å². The second kappa shape index (κ2) is 6.46. The summed E-state index contributed by atoms with van der Waals surface area (Å²) in [6.45, 7) is 13.8. The molecular weight excluding hydrogens is 186 g/mol. The highest BCUT2D eigenvalue weighted by molar-refractivity contribution is 4.78. The molecule has 3 nitrogen and oxygen atoms in total. The molecule has 1 heterocycles. The molecule has 0 aromatic carbocycles. The van der Waals surface area contributed by atoms with Crippen LogP contribution in [0.5, 0.6) is 0 Å². The molecule has 1 aliphatic heterocycles. The molecule has 2 unspecified atom stereocenters. The summed E-state index contributed by atoms with van der Waals surface area (Å²) >= 11 is 0. The Morgan fingerprint density at radius 1 is 1.40 bits per heavy atom. The summed E-state index contributed by atoms with van der Waals surface area (Å²) in [6, 6.07) is 0.719. The SMILES string of the molecule is CCN1CCN(CCC(C)CN)CC1C. The number of nitrogens with zero attached hydrogens (tertiary/aromatic N) is 2. The van der Waals surface area contributed by atoms with Crippen LogP contribution >= 0.6 is 0 Å². The van der Waals surface area contributed by atoms with E-state index in [2.05, 4.69) is 30.6 Å². The summed E-state index contributed by atoms with van der Waals surface area (Å²) in [5, 5.41) is 0. The van der Waals surface area contributed by atoms with Gasteiger partial charge < -0.3 is 10.6 Å². The fraction of sp³-hybridized carbons (Fsp3) is 1.00. The van der Waals surface area contributed by atoms with Crippen molar-refractivity contribution in [3.8, 4) is 0 Å². The van der Waals surface area contributed by atoms with E-state index in [-0.39, 0.29) is 0 Å². The molecule has 1 fully saturated rings. The maximum atomic E-state index is 5.63. The lowest BCUT2D eigenvalue weighted by atomic mass is 10.1. The highest BCUT2D eigenvalue weighted by atomic mass is 15.3. The van der Waals surface area contributed by atoms with Crippen molar-refractivity contribution in [1.29, 1.82) is 0 Å². The van der Waals surface area contributed by atoms with Crippen molar-refractivity contribution in [2.24, 2.45) is 11.7 Å². The van der Waals surface area contributed by atoms with Crippen LogP contribution in [0.15, 0.2) is 0 Å². The Morgan fingerprint density at radius 3 is 2.67 bits per heavy atom. The Balaban J connectivity index is 2.22. The molecule has 0 aromatic heterocycles. The first-order valence-electron chi connectivity index (χ1n) is 6.33. The minimum Gasteiger partial charge on any atom is -0.330 e. The first-order valence-corrected chi connectivity index (χ1v) is 6.33. The fourth-order valence-electron chi connectivity index (χ4n) is 2.26. The van der Waals surface area contributed by atoms with Crippen molar-refractivity contribution >= 4 is 0 Å². The number of likely N-dealkylation sites (N-methyl/N-ethyl adjacent to an activating group) is 1. The first-order chi connectivity index (χ1) is 7.17. The summed E-state index contributed by atoms with van der Waals surface area (Å²) in [5.74, 6) is 0.671. The Morgan fingerprint density at radius 2 is 2.13 bits per heavy atom.